The highest BCUT2D eigenvalue weighted by Gasteiger charge is 2.38. The molecule has 0 saturated heterocycles. The third-order valence-corrected chi connectivity index (χ3v) is 1.99. The minimum Gasteiger partial charge on any atom is -0.463 e. The van der Waals surface area contributed by atoms with E-state index in [2.05, 4.69) is 10.2 Å². The molecule has 0 aliphatic carbocycles. The standard InChI is InChI=1S/C9H7F3N2O/c1-5-7(9(10,11)12)8(14-13-5)6-3-2-4-15-6/h2-4H,1H3,(H,13,14). The van der Waals surface area contributed by atoms with Gasteiger partial charge < -0.3 is 4.42 Å². The molecule has 2 rings (SSSR count). The SMILES string of the molecule is Cc1[nH]nc(-c2ccco2)c1C(F)(F)F. The van der Waals surface area contributed by atoms with Crippen LogP contribution in [0.4, 0.5) is 13.2 Å². The van der Waals surface area contributed by atoms with Crippen LogP contribution in [-0.4, -0.2) is 10.2 Å². The van der Waals surface area contributed by atoms with Crippen LogP contribution in [0.5, 0.6) is 0 Å². The van der Waals surface area contributed by atoms with Gasteiger partial charge in [0.25, 0.3) is 0 Å². The molecule has 0 spiro atoms. The lowest BCUT2D eigenvalue weighted by Gasteiger charge is -2.06. The first-order valence-electron chi connectivity index (χ1n) is 4.16. The van der Waals surface area contributed by atoms with Gasteiger partial charge in [-0.1, -0.05) is 0 Å². The maximum atomic E-state index is 12.6. The molecule has 1 N–H and O–H groups in total. The van der Waals surface area contributed by atoms with Crippen LogP contribution in [0.25, 0.3) is 11.5 Å². The van der Waals surface area contributed by atoms with Crippen molar-refractivity contribution in [3.8, 4) is 11.5 Å². The highest BCUT2D eigenvalue weighted by atomic mass is 19.4. The molecule has 2 aromatic rings. The molecule has 0 atom stereocenters. The van der Waals surface area contributed by atoms with Crippen LogP contribution in [0, 0.1) is 6.92 Å². The number of nitrogens with one attached hydrogen (secondary N) is 1. The van der Waals surface area contributed by atoms with Crippen molar-refractivity contribution in [2.45, 2.75) is 13.1 Å². The summed E-state index contributed by atoms with van der Waals surface area (Å²) in [6.07, 6.45) is -3.13. The van der Waals surface area contributed by atoms with E-state index in [1.54, 1.807) is 0 Å². The maximum Gasteiger partial charge on any atom is 0.420 e. The maximum absolute atomic E-state index is 12.6. The Balaban J connectivity index is 2.59. The summed E-state index contributed by atoms with van der Waals surface area (Å²) < 4.78 is 42.8. The van der Waals surface area contributed by atoms with Gasteiger partial charge >= 0.3 is 6.18 Å². The number of aromatic nitrogens is 2. The molecule has 0 unspecified atom stereocenters. The second kappa shape index (κ2) is 3.15. The van der Waals surface area contributed by atoms with Crippen LogP contribution in [0.2, 0.25) is 0 Å². The number of rotatable bonds is 1. The topological polar surface area (TPSA) is 41.8 Å². The van der Waals surface area contributed by atoms with Crippen molar-refractivity contribution in [3.05, 3.63) is 29.7 Å². The molecule has 80 valence electrons. The first-order chi connectivity index (χ1) is 7.00. The minimum absolute atomic E-state index is 0.0195. The number of hydrogen-bond donors (Lipinski definition) is 1. The van der Waals surface area contributed by atoms with Gasteiger partial charge in [0.15, 0.2) is 5.76 Å². The third kappa shape index (κ3) is 1.62. The zero-order valence-electron chi connectivity index (χ0n) is 7.72. The van der Waals surface area contributed by atoms with Gasteiger partial charge in [-0.3, -0.25) is 5.10 Å². The van der Waals surface area contributed by atoms with Crippen LogP contribution in [0.15, 0.2) is 22.8 Å². The molecule has 6 heteroatoms. The van der Waals surface area contributed by atoms with Crippen LogP contribution in [-0.2, 0) is 6.18 Å². The number of halogens is 3. The van der Waals surface area contributed by atoms with Crippen LogP contribution >= 0.6 is 0 Å². The first kappa shape index (κ1) is 9.82. The molecule has 0 bridgehead atoms. The number of alkyl halides is 3. The van der Waals surface area contributed by atoms with Gasteiger partial charge in [0.1, 0.15) is 11.3 Å². The predicted octanol–water partition coefficient (Wildman–Crippen LogP) is 3.00. The molecule has 0 radical (unpaired) electrons. The van der Waals surface area contributed by atoms with Crippen molar-refractivity contribution in [1.29, 1.82) is 0 Å². The fraction of sp³-hybridized carbons (Fsp3) is 0.222. The largest absolute Gasteiger partial charge is 0.463 e. The number of furan rings is 1. The average Bonchev–Trinajstić information content (AvgIpc) is 2.68. The number of hydrogen-bond acceptors (Lipinski definition) is 2. The van der Waals surface area contributed by atoms with Gasteiger partial charge in [0.2, 0.25) is 0 Å². The fourth-order valence-electron chi connectivity index (χ4n) is 1.37. The van der Waals surface area contributed by atoms with E-state index in [1.807, 2.05) is 0 Å². The normalized spacial score (nSPS) is 12.0. The Labute approximate surface area is 82.9 Å². The summed E-state index contributed by atoms with van der Waals surface area (Å²) in [6.45, 7) is 1.32. The Hall–Kier alpha value is -1.72. The zero-order valence-corrected chi connectivity index (χ0v) is 7.72. The molecule has 0 aliphatic rings. The average molecular weight is 216 g/mol. The van der Waals surface area contributed by atoms with Gasteiger partial charge in [0.05, 0.1) is 6.26 Å². The molecule has 2 heterocycles. The van der Waals surface area contributed by atoms with Gasteiger partial charge in [-0.15, -0.1) is 0 Å². The van der Waals surface area contributed by atoms with Crippen molar-refractivity contribution in [1.82, 2.24) is 10.2 Å². The number of aromatic amines is 1. The van der Waals surface area contributed by atoms with E-state index in [1.165, 1.54) is 25.3 Å². The summed E-state index contributed by atoms with van der Waals surface area (Å²) >= 11 is 0. The Morgan fingerprint density at radius 3 is 2.67 bits per heavy atom. The van der Waals surface area contributed by atoms with E-state index >= 15 is 0 Å². The van der Waals surface area contributed by atoms with E-state index in [9.17, 15) is 13.2 Å². The molecule has 0 amide bonds. The Bertz CT molecular complexity index is 456. The van der Waals surface area contributed by atoms with Gasteiger partial charge in [0, 0.05) is 5.69 Å². The molecule has 0 aromatic carbocycles. The van der Waals surface area contributed by atoms with E-state index in [0.29, 0.717) is 0 Å². The number of nitrogens with zero attached hydrogens (tertiary/aromatic N) is 1. The summed E-state index contributed by atoms with van der Waals surface area (Å²) in [6, 6.07) is 2.95. The lowest BCUT2D eigenvalue weighted by Crippen LogP contribution is -2.07. The predicted molar refractivity (Wildman–Crippen MR) is 46.0 cm³/mol. The van der Waals surface area contributed by atoms with E-state index in [-0.39, 0.29) is 17.1 Å². The number of H-pyrrole nitrogens is 1. The molecule has 0 aliphatic heterocycles. The molecule has 2 aromatic heterocycles. The monoisotopic (exact) mass is 216 g/mol. The van der Waals surface area contributed by atoms with Crippen LogP contribution < -0.4 is 0 Å². The minimum atomic E-state index is -4.43. The van der Waals surface area contributed by atoms with Crippen molar-refractivity contribution in [2.24, 2.45) is 0 Å². The van der Waals surface area contributed by atoms with Crippen LogP contribution in [0.3, 0.4) is 0 Å². The molecular formula is C9H7F3N2O. The van der Waals surface area contributed by atoms with E-state index in [4.69, 9.17) is 4.42 Å². The molecule has 3 nitrogen and oxygen atoms in total. The molecule has 15 heavy (non-hydrogen) atoms. The Morgan fingerprint density at radius 2 is 2.13 bits per heavy atom. The van der Waals surface area contributed by atoms with E-state index in [0.717, 1.165) is 0 Å². The van der Waals surface area contributed by atoms with Crippen molar-refractivity contribution < 1.29 is 17.6 Å². The first-order valence-corrected chi connectivity index (χ1v) is 4.16. The fourth-order valence-corrected chi connectivity index (χ4v) is 1.37. The lowest BCUT2D eigenvalue weighted by molar-refractivity contribution is -0.137. The third-order valence-electron chi connectivity index (χ3n) is 1.99. The summed E-state index contributed by atoms with van der Waals surface area (Å²) in [7, 11) is 0. The van der Waals surface area contributed by atoms with Crippen molar-refractivity contribution in [2.75, 3.05) is 0 Å². The summed E-state index contributed by atoms with van der Waals surface area (Å²) in [5.74, 6) is 0.103. The van der Waals surface area contributed by atoms with Crippen molar-refractivity contribution >= 4 is 0 Å². The second-order valence-electron chi connectivity index (χ2n) is 3.05. The molecule has 0 saturated carbocycles. The second-order valence-corrected chi connectivity index (χ2v) is 3.05. The molecule has 0 fully saturated rings. The quantitative estimate of drug-likeness (QED) is 0.796. The summed E-state index contributed by atoms with van der Waals surface area (Å²) in [5.41, 5.74) is -1.00. The summed E-state index contributed by atoms with van der Waals surface area (Å²) in [4.78, 5) is 0. The smallest absolute Gasteiger partial charge is 0.420 e. The lowest BCUT2D eigenvalue weighted by atomic mass is 10.1. The van der Waals surface area contributed by atoms with Crippen LogP contribution in [0.1, 0.15) is 11.3 Å². The van der Waals surface area contributed by atoms with E-state index < -0.39 is 11.7 Å². The van der Waals surface area contributed by atoms with Gasteiger partial charge in [-0.25, -0.2) is 0 Å². The summed E-state index contributed by atoms with van der Waals surface area (Å²) in [5, 5.41) is 5.89. The Morgan fingerprint density at radius 1 is 1.40 bits per heavy atom. The van der Waals surface area contributed by atoms with Crippen molar-refractivity contribution in [3.63, 3.8) is 0 Å². The highest BCUT2D eigenvalue weighted by Crippen LogP contribution is 2.37. The Kier molecular flexibility index (Phi) is 2.06. The zero-order chi connectivity index (χ0) is 11.1. The van der Waals surface area contributed by atoms with Gasteiger partial charge in [-0.2, -0.15) is 18.3 Å². The molecular weight excluding hydrogens is 209 g/mol. The number of aryl methyl sites for hydroxylation is 1. The van der Waals surface area contributed by atoms with Gasteiger partial charge in [-0.05, 0) is 19.1 Å². The highest BCUT2D eigenvalue weighted by molar-refractivity contribution is 5.59.